The average molecular weight is 201 g/mol. The van der Waals surface area contributed by atoms with E-state index in [2.05, 4.69) is 49.4 Å². The predicted octanol–water partition coefficient (Wildman–Crippen LogP) is 2.54. The SMILES string of the molecule is C#CCNC(CC)Cc1ccc(C)cc1. The van der Waals surface area contributed by atoms with Gasteiger partial charge in [0.1, 0.15) is 0 Å². The van der Waals surface area contributed by atoms with Gasteiger partial charge in [0.05, 0.1) is 6.54 Å². The first kappa shape index (κ1) is 11.8. The molecule has 1 N–H and O–H groups in total. The van der Waals surface area contributed by atoms with Gasteiger partial charge in [0.25, 0.3) is 0 Å². The van der Waals surface area contributed by atoms with E-state index in [1.54, 1.807) is 0 Å². The Balaban J connectivity index is 2.51. The molecule has 1 atom stereocenters. The molecule has 0 aliphatic heterocycles. The van der Waals surface area contributed by atoms with E-state index in [0.29, 0.717) is 12.6 Å². The number of terminal acetylenes is 1. The fourth-order valence-corrected chi connectivity index (χ4v) is 1.57. The second kappa shape index (κ2) is 6.27. The molecule has 0 fully saturated rings. The Kier molecular flexibility index (Phi) is 4.93. The molecule has 1 rings (SSSR count). The summed E-state index contributed by atoms with van der Waals surface area (Å²) in [6, 6.07) is 9.18. The van der Waals surface area contributed by atoms with Gasteiger partial charge < -0.3 is 5.32 Å². The van der Waals surface area contributed by atoms with Gasteiger partial charge in [0.2, 0.25) is 0 Å². The lowest BCUT2D eigenvalue weighted by Gasteiger charge is -2.15. The molecule has 15 heavy (non-hydrogen) atoms. The molecular weight excluding hydrogens is 182 g/mol. The van der Waals surface area contributed by atoms with Crippen molar-refractivity contribution in [2.45, 2.75) is 32.7 Å². The third-order valence-corrected chi connectivity index (χ3v) is 2.59. The fourth-order valence-electron chi connectivity index (χ4n) is 1.57. The maximum atomic E-state index is 5.23. The maximum Gasteiger partial charge on any atom is 0.0576 e. The van der Waals surface area contributed by atoms with E-state index in [1.807, 2.05) is 0 Å². The Bertz CT molecular complexity index is 318. The fraction of sp³-hybridized carbons (Fsp3) is 0.429. The zero-order chi connectivity index (χ0) is 11.1. The summed E-state index contributed by atoms with van der Waals surface area (Å²) in [7, 11) is 0. The number of nitrogens with one attached hydrogen (secondary N) is 1. The molecule has 1 unspecified atom stereocenters. The minimum atomic E-state index is 0.490. The number of hydrogen-bond acceptors (Lipinski definition) is 1. The molecule has 1 nitrogen and oxygen atoms in total. The van der Waals surface area contributed by atoms with Gasteiger partial charge in [-0.3, -0.25) is 0 Å². The van der Waals surface area contributed by atoms with Gasteiger partial charge in [-0.05, 0) is 25.3 Å². The summed E-state index contributed by atoms with van der Waals surface area (Å²) in [5, 5.41) is 3.35. The lowest BCUT2D eigenvalue weighted by molar-refractivity contribution is 0.525. The minimum Gasteiger partial charge on any atom is -0.303 e. The van der Waals surface area contributed by atoms with Gasteiger partial charge in [-0.2, -0.15) is 0 Å². The molecule has 0 saturated carbocycles. The van der Waals surface area contributed by atoms with E-state index in [4.69, 9.17) is 6.42 Å². The first-order valence-corrected chi connectivity index (χ1v) is 5.48. The Morgan fingerprint density at radius 3 is 2.53 bits per heavy atom. The van der Waals surface area contributed by atoms with Gasteiger partial charge in [-0.15, -0.1) is 6.42 Å². The van der Waals surface area contributed by atoms with Crippen LogP contribution >= 0.6 is 0 Å². The first-order valence-electron chi connectivity index (χ1n) is 5.48. The largest absolute Gasteiger partial charge is 0.303 e. The van der Waals surface area contributed by atoms with Crippen LogP contribution in [0.25, 0.3) is 0 Å². The van der Waals surface area contributed by atoms with E-state index >= 15 is 0 Å². The van der Waals surface area contributed by atoms with Crippen molar-refractivity contribution in [2.75, 3.05) is 6.54 Å². The number of benzene rings is 1. The van der Waals surface area contributed by atoms with Crippen LogP contribution in [-0.2, 0) is 6.42 Å². The zero-order valence-electron chi connectivity index (χ0n) is 9.59. The van der Waals surface area contributed by atoms with Crippen LogP contribution in [0.1, 0.15) is 24.5 Å². The van der Waals surface area contributed by atoms with Crippen molar-refractivity contribution in [3.05, 3.63) is 35.4 Å². The van der Waals surface area contributed by atoms with Crippen LogP contribution in [0.5, 0.6) is 0 Å². The molecule has 0 aliphatic rings. The van der Waals surface area contributed by atoms with E-state index in [1.165, 1.54) is 11.1 Å². The third kappa shape index (κ3) is 4.18. The highest BCUT2D eigenvalue weighted by Gasteiger charge is 2.05. The summed E-state index contributed by atoms with van der Waals surface area (Å²) in [5.41, 5.74) is 2.68. The minimum absolute atomic E-state index is 0.490. The zero-order valence-corrected chi connectivity index (χ0v) is 9.59. The number of hydrogen-bond donors (Lipinski definition) is 1. The standard InChI is InChI=1S/C14H19N/c1-4-10-15-14(5-2)11-13-8-6-12(3)7-9-13/h1,6-9,14-15H,5,10-11H2,2-3H3. The molecule has 0 amide bonds. The molecule has 80 valence electrons. The number of aryl methyl sites for hydroxylation is 1. The molecule has 0 aliphatic carbocycles. The summed E-state index contributed by atoms with van der Waals surface area (Å²) in [5.74, 6) is 2.62. The molecule has 0 radical (unpaired) electrons. The van der Waals surface area contributed by atoms with Crippen LogP contribution in [0.4, 0.5) is 0 Å². The predicted molar refractivity (Wildman–Crippen MR) is 65.8 cm³/mol. The second-order valence-electron chi connectivity index (χ2n) is 3.88. The molecular formula is C14H19N. The van der Waals surface area contributed by atoms with Crippen molar-refractivity contribution < 1.29 is 0 Å². The summed E-state index contributed by atoms with van der Waals surface area (Å²) >= 11 is 0. The lowest BCUT2D eigenvalue weighted by atomic mass is 10.0. The molecule has 0 heterocycles. The molecule has 0 aromatic heterocycles. The monoisotopic (exact) mass is 201 g/mol. The normalized spacial score (nSPS) is 12.1. The van der Waals surface area contributed by atoms with Gasteiger partial charge in [0, 0.05) is 6.04 Å². The highest BCUT2D eigenvalue weighted by atomic mass is 14.9. The highest BCUT2D eigenvalue weighted by Crippen LogP contribution is 2.07. The topological polar surface area (TPSA) is 12.0 Å². The van der Waals surface area contributed by atoms with E-state index in [0.717, 1.165) is 12.8 Å². The van der Waals surface area contributed by atoms with Crippen LogP contribution in [0, 0.1) is 19.3 Å². The average Bonchev–Trinajstić information content (AvgIpc) is 2.27. The van der Waals surface area contributed by atoms with Crippen LogP contribution in [0.15, 0.2) is 24.3 Å². The van der Waals surface area contributed by atoms with Crippen LogP contribution < -0.4 is 5.32 Å². The molecule has 0 spiro atoms. The summed E-state index contributed by atoms with van der Waals surface area (Å²) in [6.07, 6.45) is 7.39. The molecule has 0 bridgehead atoms. The van der Waals surface area contributed by atoms with Crippen molar-refractivity contribution in [1.82, 2.24) is 5.32 Å². The van der Waals surface area contributed by atoms with Gasteiger partial charge >= 0.3 is 0 Å². The van der Waals surface area contributed by atoms with Gasteiger partial charge in [-0.25, -0.2) is 0 Å². The van der Waals surface area contributed by atoms with Gasteiger partial charge in [-0.1, -0.05) is 42.7 Å². The van der Waals surface area contributed by atoms with E-state index < -0.39 is 0 Å². The smallest absolute Gasteiger partial charge is 0.0576 e. The molecule has 1 heteroatoms. The van der Waals surface area contributed by atoms with Crippen molar-refractivity contribution >= 4 is 0 Å². The van der Waals surface area contributed by atoms with Gasteiger partial charge in [0.15, 0.2) is 0 Å². The van der Waals surface area contributed by atoms with Crippen molar-refractivity contribution in [2.24, 2.45) is 0 Å². The van der Waals surface area contributed by atoms with Crippen LogP contribution in [0.3, 0.4) is 0 Å². The Labute approximate surface area is 92.9 Å². The molecule has 0 saturated heterocycles. The maximum absolute atomic E-state index is 5.23. The third-order valence-electron chi connectivity index (χ3n) is 2.59. The summed E-state index contributed by atoms with van der Waals surface area (Å²) in [4.78, 5) is 0. The van der Waals surface area contributed by atoms with E-state index in [9.17, 15) is 0 Å². The van der Waals surface area contributed by atoms with Crippen LogP contribution in [-0.4, -0.2) is 12.6 Å². The van der Waals surface area contributed by atoms with Crippen molar-refractivity contribution in [3.8, 4) is 12.3 Å². The Morgan fingerprint density at radius 1 is 1.33 bits per heavy atom. The van der Waals surface area contributed by atoms with Crippen molar-refractivity contribution in [1.29, 1.82) is 0 Å². The first-order chi connectivity index (χ1) is 7.26. The quantitative estimate of drug-likeness (QED) is 0.722. The molecule has 1 aromatic carbocycles. The van der Waals surface area contributed by atoms with Crippen LogP contribution in [0.2, 0.25) is 0 Å². The highest BCUT2D eigenvalue weighted by molar-refractivity contribution is 5.22. The Hall–Kier alpha value is -1.26. The van der Waals surface area contributed by atoms with E-state index in [-0.39, 0.29) is 0 Å². The summed E-state index contributed by atoms with van der Waals surface area (Å²) in [6.45, 7) is 4.95. The number of rotatable bonds is 5. The summed E-state index contributed by atoms with van der Waals surface area (Å²) < 4.78 is 0. The van der Waals surface area contributed by atoms with Crippen molar-refractivity contribution in [3.63, 3.8) is 0 Å². The molecule has 1 aromatic rings. The Morgan fingerprint density at radius 2 is 2.00 bits per heavy atom. The second-order valence-corrected chi connectivity index (χ2v) is 3.88. The lowest BCUT2D eigenvalue weighted by Crippen LogP contribution is -2.30.